The van der Waals surface area contributed by atoms with Crippen LogP contribution in [-0.2, 0) is 27.3 Å². The van der Waals surface area contributed by atoms with Crippen LogP contribution in [0.4, 0.5) is 0 Å². The third kappa shape index (κ3) is 6.22. The number of halogens is 2. The van der Waals surface area contributed by atoms with Crippen molar-refractivity contribution in [2.75, 3.05) is 0 Å². The van der Waals surface area contributed by atoms with E-state index in [0.717, 1.165) is 29.1 Å². The quantitative estimate of drug-likeness (QED) is 0.581. The summed E-state index contributed by atoms with van der Waals surface area (Å²) in [5.74, 6) is -0.418. The number of carbonyl (C=O) groups excluding carboxylic acids is 2. The Hall–Kier alpha value is -2.05. The fourth-order valence-corrected chi connectivity index (χ4v) is 3.78. The summed E-state index contributed by atoms with van der Waals surface area (Å²) >= 11 is 12.1. The number of nitrogens with one attached hydrogen (secondary N) is 1. The van der Waals surface area contributed by atoms with Crippen LogP contribution in [-0.4, -0.2) is 27.8 Å². The molecule has 0 saturated carbocycles. The first-order chi connectivity index (χ1) is 14.0. The molecule has 8 heteroatoms. The zero-order valence-electron chi connectivity index (χ0n) is 18.3. The maximum Gasteiger partial charge on any atom is 0.311 e. The molecule has 2 atom stereocenters. The molecular formula is C22H29Cl2N3O3. The highest BCUT2D eigenvalue weighted by Crippen LogP contribution is 2.26. The molecule has 0 radical (unpaired) electrons. The molecule has 1 aromatic carbocycles. The van der Waals surface area contributed by atoms with Crippen molar-refractivity contribution >= 4 is 35.1 Å². The molecule has 1 aromatic heterocycles. The molecule has 0 fully saturated rings. The van der Waals surface area contributed by atoms with E-state index in [1.54, 1.807) is 32.0 Å². The second kappa shape index (κ2) is 10.3. The summed E-state index contributed by atoms with van der Waals surface area (Å²) in [4.78, 5) is 24.9. The van der Waals surface area contributed by atoms with Gasteiger partial charge in [0, 0.05) is 27.8 Å². The van der Waals surface area contributed by atoms with Gasteiger partial charge in [0.25, 0.3) is 5.91 Å². The lowest BCUT2D eigenvalue weighted by Crippen LogP contribution is -2.37. The van der Waals surface area contributed by atoms with Crippen LogP contribution >= 0.6 is 23.2 Å². The molecule has 0 aliphatic rings. The summed E-state index contributed by atoms with van der Waals surface area (Å²) in [6, 6.07) is 4.72. The number of hydrogen-bond donors (Lipinski definition) is 1. The van der Waals surface area contributed by atoms with Gasteiger partial charge in [-0.05, 0) is 51.3 Å². The van der Waals surface area contributed by atoms with Crippen LogP contribution in [0.1, 0.15) is 56.3 Å². The molecule has 1 heterocycles. The van der Waals surface area contributed by atoms with Crippen LogP contribution in [0.15, 0.2) is 18.2 Å². The number of benzene rings is 1. The Morgan fingerprint density at radius 3 is 2.43 bits per heavy atom. The summed E-state index contributed by atoms with van der Waals surface area (Å²) in [6.07, 6.45) is -0.858. The molecule has 164 valence electrons. The fraction of sp³-hybridized carbons (Fsp3) is 0.500. The van der Waals surface area contributed by atoms with Gasteiger partial charge in [0.05, 0.1) is 18.2 Å². The summed E-state index contributed by atoms with van der Waals surface area (Å²) < 4.78 is 7.27. The lowest BCUT2D eigenvalue weighted by molar-refractivity contribution is -0.154. The highest BCUT2D eigenvalue weighted by Gasteiger charge is 2.23. The molecule has 1 N–H and O–H groups in total. The summed E-state index contributed by atoms with van der Waals surface area (Å²) in [7, 11) is 0. The van der Waals surface area contributed by atoms with Crippen molar-refractivity contribution in [2.24, 2.45) is 5.92 Å². The Bertz CT molecular complexity index is 925. The maximum absolute atomic E-state index is 12.5. The second-order valence-electron chi connectivity index (χ2n) is 7.93. The highest BCUT2D eigenvalue weighted by molar-refractivity contribution is 6.35. The van der Waals surface area contributed by atoms with Gasteiger partial charge >= 0.3 is 5.97 Å². The van der Waals surface area contributed by atoms with Crippen LogP contribution in [0.3, 0.4) is 0 Å². The van der Waals surface area contributed by atoms with Gasteiger partial charge in [0.2, 0.25) is 0 Å². The average molecular weight is 454 g/mol. The van der Waals surface area contributed by atoms with E-state index in [0.29, 0.717) is 16.0 Å². The SMILES string of the molecule is Cc1nn(CC(C)C)c(C)c1CC(=O)OC(C)C(=O)NC(C)c1ccc(Cl)cc1Cl. The topological polar surface area (TPSA) is 73.2 Å². The molecule has 2 aromatic rings. The molecule has 30 heavy (non-hydrogen) atoms. The van der Waals surface area contributed by atoms with Gasteiger partial charge in [-0.15, -0.1) is 0 Å². The molecule has 0 bridgehead atoms. The van der Waals surface area contributed by atoms with Crippen LogP contribution in [0.25, 0.3) is 0 Å². The number of hydrogen-bond acceptors (Lipinski definition) is 4. The Balaban J connectivity index is 1.97. The minimum Gasteiger partial charge on any atom is -0.452 e. The lowest BCUT2D eigenvalue weighted by Gasteiger charge is -2.19. The summed E-state index contributed by atoms with van der Waals surface area (Å²) in [6.45, 7) is 12.2. The van der Waals surface area contributed by atoms with Crippen LogP contribution in [0.2, 0.25) is 10.0 Å². The minimum absolute atomic E-state index is 0.0753. The fourth-order valence-electron chi connectivity index (χ4n) is 3.21. The van der Waals surface area contributed by atoms with Gasteiger partial charge in [-0.3, -0.25) is 14.3 Å². The zero-order valence-corrected chi connectivity index (χ0v) is 19.8. The Morgan fingerprint density at radius 2 is 1.83 bits per heavy atom. The number of aryl methyl sites for hydroxylation is 1. The highest BCUT2D eigenvalue weighted by atomic mass is 35.5. The minimum atomic E-state index is -0.933. The van der Waals surface area contributed by atoms with E-state index < -0.39 is 18.0 Å². The smallest absolute Gasteiger partial charge is 0.311 e. The van der Waals surface area contributed by atoms with Crippen LogP contribution in [0.5, 0.6) is 0 Å². The first-order valence-electron chi connectivity index (χ1n) is 9.97. The van der Waals surface area contributed by atoms with Crippen molar-refractivity contribution in [1.82, 2.24) is 15.1 Å². The van der Waals surface area contributed by atoms with E-state index in [9.17, 15) is 9.59 Å². The predicted octanol–water partition coefficient (Wildman–Crippen LogP) is 4.81. The normalized spacial score (nSPS) is 13.2. The number of carbonyl (C=O) groups is 2. The molecule has 0 aliphatic heterocycles. The molecule has 6 nitrogen and oxygen atoms in total. The molecule has 2 unspecified atom stereocenters. The zero-order chi connectivity index (χ0) is 22.6. The summed E-state index contributed by atoms with van der Waals surface area (Å²) in [5.41, 5.74) is 3.32. The molecule has 0 spiro atoms. The first kappa shape index (κ1) is 24.2. The van der Waals surface area contributed by atoms with Gasteiger partial charge < -0.3 is 10.1 Å². The molecule has 2 rings (SSSR count). The standard InChI is InChI=1S/C22H29Cl2N3O3/c1-12(2)11-27-15(5)19(14(4)26-27)10-21(28)30-16(6)22(29)25-13(3)18-8-7-17(23)9-20(18)24/h7-9,12-13,16H,10-11H2,1-6H3,(H,25,29). The number of rotatable bonds is 8. The Labute approximate surface area is 187 Å². The van der Waals surface area contributed by atoms with Crippen molar-refractivity contribution < 1.29 is 14.3 Å². The number of ether oxygens (including phenoxy) is 1. The van der Waals surface area contributed by atoms with E-state index in [1.807, 2.05) is 18.5 Å². The van der Waals surface area contributed by atoms with E-state index in [2.05, 4.69) is 24.3 Å². The molecule has 0 aliphatic carbocycles. The maximum atomic E-state index is 12.5. The van der Waals surface area contributed by atoms with E-state index in [-0.39, 0.29) is 12.5 Å². The van der Waals surface area contributed by atoms with Crippen molar-refractivity contribution in [2.45, 2.75) is 66.7 Å². The third-order valence-corrected chi connectivity index (χ3v) is 5.42. The van der Waals surface area contributed by atoms with Crippen LogP contribution < -0.4 is 5.32 Å². The largest absolute Gasteiger partial charge is 0.452 e. The number of aromatic nitrogens is 2. The van der Waals surface area contributed by atoms with Gasteiger partial charge in [-0.25, -0.2) is 0 Å². The Kier molecular flexibility index (Phi) is 8.33. The van der Waals surface area contributed by atoms with Crippen molar-refractivity contribution in [1.29, 1.82) is 0 Å². The Morgan fingerprint density at radius 1 is 1.17 bits per heavy atom. The van der Waals surface area contributed by atoms with Crippen molar-refractivity contribution in [3.63, 3.8) is 0 Å². The average Bonchev–Trinajstić information content (AvgIpc) is 2.88. The lowest BCUT2D eigenvalue weighted by atomic mass is 10.1. The first-order valence-corrected chi connectivity index (χ1v) is 10.7. The molecule has 1 amide bonds. The van der Waals surface area contributed by atoms with E-state index in [4.69, 9.17) is 27.9 Å². The number of nitrogens with zero attached hydrogens (tertiary/aromatic N) is 2. The summed E-state index contributed by atoms with van der Waals surface area (Å²) in [5, 5.41) is 8.31. The van der Waals surface area contributed by atoms with Gasteiger partial charge in [0.1, 0.15) is 0 Å². The van der Waals surface area contributed by atoms with Gasteiger partial charge in [0.15, 0.2) is 6.10 Å². The monoisotopic (exact) mass is 453 g/mol. The number of amides is 1. The van der Waals surface area contributed by atoms with Crippen molar-refractivity contribution in [3.05, 3.63) is 50.8 Å². The molecule has 0 saturated heterocycles. The van der Waals surface area contributed by atoms with Gasteiger partial charge in [-0.1, -0.05) is 43.1 Å². The number of esters is 1. The van der Waals surface area contributed by atoms with E-state index in [1.165, 1.54) is 0 Å². The van der Waals surface area contributed by atoms with Crippen LogP contribution in [0, 0.1) is 19.8 Å². The van der Waals surface area contributed by atoms with Gasteiger partial charge in [-0.2, -0.15) is 5.10 Å². The third-order valence-electron chi connectivity index (χ3n) is 4.86. The van der Waals surface area contributed by atoms with Crippen molar-refractivity contribution in [3.8, 4) is 0 Å². The second-order valence-corrected chi connectivity index (χ2v) is 8.77. The predicted molar refractivity (Wildman–Crippen MR) is 119 cm³/mol. The van der Waals surface area contributed by atoms with E-state index >= 15 is 0 Å². The molecular weight excluding hydrogens is 425 g/mol.